The molecule has 0 aromatic heterocycles. The third-order valence-electron chi connectivity index (χ3n) is 3.15. The fourth-order valence-corrected chi connectivity index (χ4v) is 1.93. The summed E-state index contributed by atoms with van der Waals surface area (Å²) in [6.07, 6.45) is -1.50. The Morgan fingerprint density at radius 1 is 1.29 bits per heavy atom. The maximum atomic E-state index is 12.5. The van der Waals surface area contributed by atoms with Crippen LogP contribution in [0.4, 0.5) is 13.2 Å². The first-order valence-electron chi connectivity index (χ1n) is 5.81. The molecule has 1 fully saturated rings. The summed E-state index contributed by atoms with van der Waals surface area (Å²) in [5.41, 5.74) is 0.0236. The number of aryl methyl sites for hydroxylation is 1. The van der Waals surface area contributed by atoms with Gasteiger partial charge in [-0.15, -0.1) is 0 Å². The Kier molecular flexibility index (Phi) is 3.43. The minimum Gasteiger partial charge on any atom is -0.393 e. The number of halogens is 3. The van der Waals surface area contributed by atoms with Crippen molar-refractivity contribution in [3.8, 4) is 0 Å². The summed E-state index contributed by atoms with van der Waals surface area (Å²) in [6.45, 7) is 0. The zero-order valence-corrected chi connectivity index (χ0v) is 9.37. The molecule has 0 bridgehead atoms. The third kappa shape index (κ3) is 3.46. The van der Waals surface area contributed by atoms with Crippen molar-refractivity contribution in [2.24, 2.45) is 5.92 Å². The highest BCUT2D eigenvalue weighted by molar-refractivity contribution is 5.25. The summed E-state index contributed by atoms with van der Waals surface area (Å²) in [5, 5.41) is 9.66. The molecule has 4 heteroatoms. The van der Waals surface area contributed by atoms with Gasteiger partial charge in [-0.05, 0) is 43.2 Å². The molecule has 17 heavy (non-hydrogen) atoms. The molecule has 1 nitrogen and oxygen atoms in total. The second kappa shape index (κ2) is 4.69. The van der Waals surface area contributed by atoms with Crippen LogP contribution in [-0.4, -0.2) is 11.2 Å². The number of benzene rings is 1. The van der Waals surface area contributed by atoms with Gasteiger partial charge in [-0.1, -0.05) is 18.2 Å². The fraction of sp³-hybridized carbons (Fsp3) is 0.538. The van der Waals surface area contributed by atoms with Gasteiger partial charge in [0.05, 0.1) is 11.7 Å². The van der Waals surface area contributed by atoms with E-state index >= 15 is 0 Å². The van der Waals surface area contributed by atoms with Gasteiger partial charge in [-0.3, -0.25) is 0 Å². The van der Waals surface area contributed by atoms with Crippen LogP contribution >= 0.6 is 0 Å². The van der Waals surface area contributed by atoms with Crippen molar-refractivity contribution in [3.63, 3.8) is 0 Å². The second-order valence-corrected chi connectivity index (χ2v) is 4.64. The van der Waals surface area contributed by atoms with E-state index in [1.807, 2.05) is 0 Å². The molecule has 1 atom stereocenters. The first kappa shape index (κ1) is 12.4. The van der Waals surface area contributed by atoms with Crippen LogP contribution in [0.15, 0.2) is 24.3 Å². The highest BCUT2D eigenvalue weighted by atomic mass is 19.4. The van der Waals surface area contributed by atoms with E-state index < -0.39 is 11.7 Å². The molecule has 2 rings (SSSR count). The van der Waals surface area contributed by atoms with Crippen molar-refractivity contribution in [1.82, 2.24) is 0 Å². The largest absolute Gasteiger partial charge is 0.416 e. The summed E-state index contributed by atoms with van der Waals surface area (Å²) >= 11 is 0. The van der Waals surface area contributed by atoms with Crippen LogP contribution in [0, 0.1) is 5.92 Å². The lowest BCUT2D eigenvalue weighted by molar-refractivity contribution is -0.137. The molecule has 1 aliphatic rings. The Labute approximate surface area is 98.3 Å². The maximum Gasteiger partial charge on any atom is 0.416 e. The van der Waals surface area contributed by atoms with E-state index in [2.05, 4.69) is 0 Å². The van der Waals surface area contributed by atoms with E-state index in [0.717, 1.165) is 18.9 Å². The number of hydrogen-bond acceptors (Lipinski definition) is 1. The Bertz CT molecular complexity index is 382. The first-order valence-corrected chi connectivity index (χ1v) is 5.81. The minimum atomic E-state index is -4.29. The predicted molar refractivity (Wildman–Crippen MR) is 58.5 cm³/mol. The summed E-state index contributed by atoms with van der Waals surface area (Å²) in [4.78, 5) is 0. The van der Waals surface area contributed by atoms with Crippen molar-refractivity contribution in [3.05, 3.63) is 35.4 Å². The van der Waals surface area contributed by atoms with Crippen molar-refractivity contribution in [2.75, 3.05) is 0 Å². The van der Waals surface area contributed by atoms with Gasteiger partial charge < -0.3 is 5.11 Å². The summed E-state index contributed by atoms with van der Waals surface area (Å²) < 4.78 is 37.4. The quantitative estimate of drug-likeness (QED) is 0.860. The van der Waals surface area contributed by atoms with Gasteiger partial charge in [-0.2, -0.15) is 13.2 Å². The normalized spacial score (nSPS) is 18.1. The van der Waals surface area contributed by atoms with E-state index in [1.165, 1.54) is 12.1 Å². The van der Waals surface area contributed by atoms with E-state index in [-0.39, 0.29) is 6.10 Å². The molecule has 1 aromatic rings. The van der Waals surface area contributed by atoms with Crippen molar-refractivity contribution < 1.29 is 18.3 Å². The predicted octanol–water partition coefficient (Wildman–Crippen LogP) is 3.41. The summed E-state index contributed by atoms with van der Waals surface area (Å²) in [6, 6.07) is 5.33. The molecule has 1 N–H and O–H groups in total. The van der Waals surface area contributed by atoms with Crippen LogP contribution in [0.2, 0.25) is 0 Å². The fourth-order valence-electron chi connectivity index (χ4n) is 1.93. The molecule has 0 aliphatic heterocycles. The summed E-state index contributed by atoms with van der Waals surface area (Å²) in [5.74, 6) is 0.376. The van der Waals surface area contributed by atoms with Crippen molar-refractivity contribution in [2.45, 2.75) is 38.0 Å². The highest BCUT2D eigenvalue weighted by Crippen LogP contribution is 2.34. The molecule has 0 spiro atoms. The van der Waals surface area contributed by atoms with Gasteiger partial charge in [0.25, 0.3) is 0 Å². The van der Waals surface area contributed by atoms with Gasteiger partial charge in [-0.25, -0.2) is 0 Å². The van der Waals surface area contributed by atoms with Crippen molar-refractivity contribution in [1.29, 1.82) is 0 Å². The van der Waals surface area contributed by atoms with Gasteiger partial charge in [0.1, 0.15) is 0 Å². The molecule has 0 amide bonds. The summed E-state index contributed by atoms with van der Waals surface area (Å²) in [7, 11) is 0. The lowest BCUT2D eigenvalue weighted by Crippen LogP contribution is -2.11. The molecular weight excluding hydrogens is 229 g/mol. The SMILES string of the molecule is OC(CCc1cccc(C(F)(F)F)c1)C1CC1. The van der Waals surface area contributed by atoms with Gasteiger partial charge in [0, 0.05) is 0 Å². The van der Waals surface area contributed by atoms with E-state index in [1.54, 1.807) is 6.07 Å². The average molecular weight is 244 g/mol. The molecular formula is C13H15F3O. The molecule has 1 saturated carbocycles. The van der Waals surface area contributed by atoms with Crippen LogP contribution in [0.5, 0.6) is 0 Å². The molecule has 1 unspecified atom stereocenters. The number of alkyl halides is 3. The third-order valence-corrected chi connectivity index (χ3v) is 3.15. The molecule has 1 aromatic carbocycles. The molecule has 0 radical (unpaired) electrons. The average Bonchev–Trinajstić information content (AvgIpc) is 3.09. The monoisotopic (exact) mass is 244 g/mol. The Morgan fingerprint density at radius 3 is 2.59 bits per heavy atom. The van der Waals surface area contributed by atoms with Gasteiger partial charge in [0.15, 0.2) is 0 Å². The van der Waals surface area contributed by atoms with Crippen LogP contribution in [0.25, 0.3) is 0 Å². The van der Waals surface area contributed by atoms with Crippen LogP contribution in [0.1, 0.15) is 30.4 Å². The molecule has 94 valence electrons. The van der Waals surface area contributed by atoms with E-state index in [0.29, 0.717) is 24.3 Å². The lowest BCUT2D eigenvalue weighted by atomic mass is 10.0. The zero-order chi connectivity index (χ0) is 12.5. The van der Waals surface area contributed by atoms with E-state index in [9.17, 15) is 18.3 Å². The Balaban J connectivity index is 1.96. The Hall–Kier alpha value is -1.03. The number of rotatable bonds is 4. The molecule has 0 saturated heterocycles. The minimum absolute atomic E-state index is 0.357. The standard InChI is InChI=1S/C13H15F3O/c14-13(15,16)11-3-1-2-9(8-11)4-7-12(17)10-5-6-10/h1-3,8,10,12,17H,4-7H2. The number of hydrogen-bond donors (Lipinski definition) is 1. The Morgan fingerprint density at radius 2 is 2.00 bits per heavy atom. The van der Waals surface area contributed by atoms with Crippen molar-refractivity contribution >= 4 is 0 Å². The van der Waals surface area contributed by atoms with Gasteiger partial charge >= 0.3 is 6.18 Å². The second-order valence-electron chi connectivity index (χ2n) is 4.64. The highest BCUT2D eigenvalue weighted by Gasteiger charge is 2.31. The van der Waals surface area contributed by atoms with Crippen LogP contribution in [-0.2, 0) is 12.6 Å². The number of aliphatic hydroxyl groups is 1. The van der Waals surface area contributed by atoms with E-state index in [4.69, 9.17) is 0 Å². The zero-order valence-electron chi connectivity index (χ0n) is 9.37. The van der Waals surface area contributed by atoms with Crippen LogP contribution < -0.4 is 0 Å². The topological polar surface area (TPSA) is 20.2 Å². The molecule has 0 heterocycles. The first-order chi connectivity index (χ1) is 7.97. The smallest absolute Gasteiger partial charge is 0.393 e. The maximum absolute atomic E-state index is 12.5. The van der Waals surface area contributed by atoms with Crippen LogP contribution in [0.3, 0.4) is 0 Å². The number of aliphatic hydroxyl groups excluding tert-OH is 1. The van der Waals surface area contributed by atoms with Gasteiger partial charge in [0.2, 0.25) is 0 Å². The lowest BCUT2D eigenvalue weighted by Gasteiger charge is -2.11. The molecule has 1 aliphatic carbocycles.